The average Bonchev–Trinajstić information content (AvgIpc) is 2.86. The number of amides is 1. The van der Waals surface area contributed by atoms with E-state index in [-0.39, 0.29) is 5.91 Å². The molecule has 0 spiro atoms. The van der Waals surface area contributed by atoms with Crippen LogP contribution in [0.1, 0.15) is 32.6 Å². The second-order valence-corrected chi connectivity index (χ2v) is 3.82. The summed E-state index contributed by atoms with van der Waals surface area (Å²) in [5.74, 6) is 1.09. The Labute approximate surface area is 80.3 Å². The zero-order chi connectivity index (χ0) is 9.52. The van der Waals surface area contributed by atoms with Gasteiger partial charge in [0.25, 0.3) is 0 Å². The quantitative estimate of drug-likeness (QED) is 0.577. The van der Waals surface area contributed by atoms with Crippen LogP contribution in [-0.2, 0) is 4.79 Å². The van der Waals surface area contributed by atoms with E-state index in [0.717, 1.165) is 25.6 Å². The molecule has 0 radical (unpaired) electrons. The van der Waals surface area contributed by atoms with Crippen molar-refractivity contribution >= 4 is 5.91 Å². The Morgan fingerprint density at radius 2 is 2.08 bits per heavy atom. The van der Waals surface area contributed by atoms with E-state index in [0.29, 0.717) is 0 Å². The third kappa shape index (κ3) is 6.58. The van der Waals surface area contributed by atoms with Gasteiger partial charge in [0.1, 0.15) is 0 Å². The number of carbonyl (C=O) groups is 1. The molecule has 0 aliphatic heterocycles. The van der Waals surface area contributed by atoms with Gasteiger partial charge in [0, 0.05) is 20.0 Å². The van der Waals surface area contributed by atoms with Gasteiger partial charge in [-0.3, -0.25) is 4.79 Å². The van der Waals surface area contributed by atoms with Crippen LogP contribution in [0, 0.1) is 5.92 Å². The first-order chi connectivity index (χ1) is 6.29. The van der Waals surface area contributed by atoms with Gasteiger partial charge in [0.15, 0.2) is 0 Å². The molecule has 1 aliphatic carbocycles. The smallest absolute Gasteiger partial charge is 0.216 e. The van der Waals surface area contributed by atoms with Crippen LogP contribution in [0.15, 0.2) is 0 Å². The lowest BCUT2D eigenvalue weighted by Gasteiger charge is -2.04. The highest BCUT2D eigenvalue weighted by molar-refractivity contribution is 5.72. The van der Waals surface area contributed by atoms with Gasteiger partial charge in [0.2, 0.25) is 5.91 Å². The molecule has 1 aliphatic rings. The Morgan fingerprint density at radius 3 is 2.69 bits per heavy atom. The lowest BCUT2D eigenvalue weighted by molar-refractivity contribution is -0.118. The molecule has 13 heavy (non-hydrogen) atoms. The van der Waals surface area contributed by atoms with E-state index in [9.17, 15) is 4.79 Å². The summed E-state index contributed by atoms with van der Waals surface area (Å²) in [5.41, 5.74) is 0. The molecule has 0 atom stereocenters. The Bertz CT molecular complexity index is 155. The van der Waals surface area contributed by atoms with Gasteiger partial charge in [-0.15, -0.1) is 0 Å². The molecule has 0 aromatic heterocycles. The van der Waals surface area contributed by atoms with Crippen molar-refractivity contribution in [1.29, 1.82) is 0 Å². The van der Waals surface area contributed by atoms with Crippen LogP contribution in [0.4, 0.5) is 0 Å². The molecule has 3 nitrogen and oxygen atoms in total. The highest BCUT2D eigenvalue weighted by Crippen LogP contribution is 2.33. The van der Waals surface area contributed by atoms with E-state index in [1.165, 1.54) is 25.7 Å². The molecule has 1 amide bonds. The van der Waals surface area contributed by atoms with Crippen molar-refractivity contribution in [3.05, 3.63) is 0 Å². The molecule has 76 valence electrons. The van der Waals surface area contributed by atoms with E-state index >= 15 is 0 Å². The summed E-state index contributed by atoms with van der Waals surface area (Å²) in [5, 5.41) is 6.07. The van der Waals surface area contributed by atoms with E-state index in [1.54, 1.807) is 6.92 Å². The van der Waals surface area contributed by atoms with Gasteiger partial charge in [-0.25, -0.2) is 0 Å². The topological polar surface area (TPSA) is 41.1 Å². The van der Waals surface area contributed by atoms with Crippen molar-refractivity contribution < 1.29 is 4.79 Å². The lowest BCUT2D eigenvalue weighted by atomic mass is 10.2. The highest BCUT2D eigenvalue weighted by Gasteiger charge is 2.19. The molecule has 0 unspecified atom stereocenters. The minimum atomic E-state index is 0.0554. The van der Waals surface area contributed by atoms with Gasteiger partial charge >= 0.3 is 0 Å². The molecular weight excluding hydrogens is 164 g/mol. The Kier molecular flexibility index (Phi) is 4.83. The molecule has 0 aromatic rings. The maximum Gasteiger partial charge on any atom is 0.216 e. The van der Waals surface area contributed by atoms with Gasteiger partial charge < -0.3 is 10.6 Å². The number of carbonyl (C=O) groups excluding carboxylic acids is 1. The SMILES string of the molecule is CC(=O)NCCNCCCC1CC1. The third-order valence-corrected chi connectivity index (χ3v) is 2.34. The molecule has 0 bridgehead atoms. The summed E-state index contributed by atoms with van der Waals surface area (Å²) < 4.78 is 0. The zero-order valence-corrected chi connectivity index (χ0v) is 8.44. The van der Waals surface area contributed by atoms with Gasteiger partial charge in [-0.05, 0) is 25.3 Å². The molecule has 0 aromatic carbocycles. The van der Waals surface area contributed by atoms with Crippen molar-refractivity contribution in [3.63, 3.8) is 0 Å². The molecule has 0 heterocycles. The molecule has 1 fully saturated rings. The van der Waals surface area contributed by atoms with Crippen LogP contribution in [0.3, 0.4) is 0 Å². The second-order valence-electron chi connectivity index (χ2n) is 3.82. The summed E-state index contributed by atoms with van der Waals surface area (Å²) in [6.45, 7) is 4.28. The zero-order valence-electron chi connectivity index (χ0n) is 8.44. The summed E-state index contributed by atoms with van der Waals surface area (Å²) in [6.07, 6.45) is 5.57. The van der Waals surface area contributed by atoms with E-state index < -0.39 is 0 Å². The summed E-state index contributed by atoms with van der Waals surface area (Å²) in [4.78, 5) is 10.5. The van der Waals surface area contributed by atoms with E-state index in [2.05, 4.69) is 10.6 Å². The maximum atomic E-state index is 10.5. The van der Waals surface area contributed by atoms with E-state index in [1.807, 2.05) is 0 Å². The number of nitrogens with one attached hydrogen (secondary N) is 2. The van der Waals surface area contributed by atoms with Crippen molar-refractivity contribution in [2.75, 3.05) is 19.6 Å². The molecule has 1 saturated carbocycles. The van der Waals surface area contributed by atoms with Gasteiger partial charge in [-0.2, -0.15) is 0 Å². The molecule has 0 saturated heterocycles. The normalized spacial score (nSPS) is 15.8. The van der Waals surface area contributed by atoms with Crippen LogP contribution in [0.25, 0.3) is 0 Å². The average molecular weight is 184 g/mol. The fourth-order valence-corrected chi connectivity index (χ4v) is 1.37. The van der Waals surface area contributed by atoms with Crippen LogP contribution < -0.4 is 10.6 Å². The summed E-state index contributed by atoms with van der Waals surface area (Å²) in [7, 11) is 0. The summed E-state index contributed by atoms with van der Waals surface area (Å²) >= 11 is 0. The number of rotatable bonds is 7. The number of hydrogen-bond acceptors (Lipinski definition) is 2. The Morgan fingerprint density at radius 1 is 1.31 bits per heavy atom. The predicted molar refractivity (Wildman–Crippen MR) is 53.5 cm³/mol. The first-order valence-corrected chi connectivity index (χ1v) is 5.24. The van der Waals surface area contributed by atoms with Crippen LogP contribution >= 0.6 is 0 Å². The van der Waals surface area contributed by atoms with Gasteiger partial charge in [0.05, 0.1) is 0 Å². The molecular formula is C10H20N2O. The van der Waals surface area contributed by atoms with Crippen LogP contribution in [0.2, 0.25) is 0 Å². The lowest BCUT2D eigenvalue weighted by Crippen LogP contribution is -2.30. The fourth-order valence-electron chi connectivity index (χ4n) is 1.37. The number of hydrogen-bond donors (Lipinski definition) is 2. The van der Waals surface area contributed by atoms with Crippen LogP contribution in [0.5, 0.6) is 0 Å². The minimum Gasteiger partial charge on any atom is -0.355 e. The molecule has 2 N–H and O–H groups in total. The van der Waals surface area contributed by atoms with Crippen molar-refractivity contribution in [2.24, 2.45) is 5.92 Å². The standard InChI is InChI=1S/C10H20N2O/c1-9(13)12-8-7-11-6-2-3-10-4-5-10/h10-11H,2-8H2,1H3,(H,12,13). The second kappa shape index (κ2) is 5.97. The third-order valence-electron chi connectivity index (χ3n) is 2.34. The molecule has 3 heteroatoms. The van der Waals surface area contributed by atoms with Gasteiger partial charge in [-0.1, -0.05) is 12.8 Å². The Hall–Kier alpha value is -0.570. The van der Waals surface area contributed by atoms with E-state index in [4.69, 9.17) is 0 Å². The minimum absolute atomic E-state index is 0.0554. The predicted octanol–water partition coefficient (Wildman–Crippen LogP) is 0.902. The fraction of sp³-hybridized carbons (Fsp3) is 0.900. The Balaban J connectivity index is 1.70. The van der Waals surface area contributed by atoms with Crippen molar-refractivity contribution in [1.82, 2.24) is 10.6 Å². The van der Waals surface area contributed by atoms with Crippen molar-refractivity contribution in [3.8, 4) is 0 Å². The first-order valence-electron chi connectivity index (χ1n) is 5.24. The monoisotopic (exact) mass is 184 g/mol. The molecule has 1 rings (SSSR count). The largest absolute Gasteiger partial charge is 0.355 e. The highest BCUT2D eigenvalue weighted by atomic mass is 16.1. The van der Waals surface area contributed by atoms with Crippen LogP contribution in [-0.4, -0.2) is 25.5 Å². The maximum absolute atomic E-state index is 10.5. The summed E-state index contributed by atoms with van der Waals surface area (Å²) in [6, 6.07) is 0. The van der Waals surface area contributed by atoms with Crippen molar-refractivity contribution in [2.45, 2.75) is 32.6 Å². The first kappa shape index (κ1) is 10.5.